The molecule has 0 bridgehead atoms. The molecule has 0 aromatic carbocycles. The van der Waals surface area contributed by atoms with Crippen molar-refractivity contribution in [2.24, 2.45) is 11.7 Å². The predicted molar refractivity (Wildman–Crippen MR) is 103 cm³/mol. The Labute approximate surface area is 167 Å². The molecule has 4 atom stereocenters. The zero-order chi connectivity index (χ0) is 21.9. The van der Waals surface area contributed by atoms with Gasteiger partial charge in [0, 0.05) is 0 Å². The summed E-state index contributed by atoms with van der Waals surface area (Å²) in [5, 5.41) is 34.5. The smallest absolute Gasteiger partial charge is 0.326 e. The number of aliphatic carboxylic acids is 1. The first-order chi connectivity index (χ1) is 13.1. The van der Waals surface area contributed by atoms with Crippen LogP contribution in [0.3, 0.4) is 0 Å². The zero-order valence-electron chi connectivity index (χ0n) is 16.2. The number of carboxylic acids is 1. The highest BCUT2D eigenvalue weighted by Crippen LogP contribution is 2.04. The van der Waals surface area contributed by atoms with Crippen LogP contribution in [-0.2, 0) is 19.2 Å². The molecule has 12 heteroatoms. The number of amides is 3. The van der Waals surface area contributed by atoms with E-state index in [-0.39, 0.29) is 12.3 Å². The van der Waals surface area contributed by atoms with E-state index in [9.17, 15) is 24.3 Å². The van der Waals surface area contributed by atoms with Crippen LogP contribution in [0.25, 0.3) is 0 Å². The molecule has 0 saturated heterocycles. The monoisotopic (exact) mass is 422 g/mol. The zero-order valence-corrected chi connectivity index (χ0v) is 17.0. The first kappa shape index (κ1) is 26.1. The normalized spacial score (nSPS) is 15.2. The standard InChI is InChI=1S/C16H30N4O7S/c1-8(2)12(20-13(23)9(17)6-21)15(25)19-11(7-22)14(24)18-10(16(26)27)4-5-28-3/h8-12,21-22H,4-7,17H2,1-3H3,(H,18,24)(H,19,25)(H,20,23)(H,26,27). The van der Waals surface area contributed by atoms with Crippen molar-refractivity contribution in [2.45, 2.75) is 44.4 Å². The minimum absolute atomic E-state index is 0.179. The lowest BCUT2D eigenvalue weighted by molar-refractivity contribution is -0.142. The highest BCUT2D eigenvalue weighted by Gasteiger charge is 2.31. The molecule has 0 saturated carbocycles. The van der Waals surface area contributed by atoms with Crippen LogP contribution in [0, 0.1) is 5.92 Å². The molecule has 0 spiro atoms. The lowest BCUT2D eigenvalue weighted by Gasteiger charge is -2.26. The average molecular weight is 423 g/mol. The highest BCUT2D eigenvalue weighted by molar-refractivity contribution is 7.98. The molecule has 0 radical (unpaired) electrons. The fourth-order valence-electron chi connectivity index (χ4n) is 2.10. The quantitative estimate of drug-likeness (QED) is 0.165. The molecule has 0 aliphatic heterocycles. The summed E-state index contributed by atoms with van der Waals surface area (Å²) >= 11 is 1.41. The van der Waals surface area contributed by atoms with E-state index in [1.807, 2.05) is 0 Å². The Kier molecular flexibility index (Phi) is 12.4. The molecule has 0 heterocycles. The maximum atomic E-state index is 12.5. The number of nitrogens with one attached hydrogen (secondary N) is 3. The molecule has 3 amide bonds. The number of carbonyl (C=O) groups excluding carboxylic acids is 3. The van der Waals surface area contributed by atoms with E-state index in [0.717, 1.165) is 0 Å². The van der Waals surface area contributed by atoms with Crippen LogP contribution >= 0.6 is 11.8 Å². The molecule has 0 rings (SSSR count). The van der Waals surface area contributed by atoms with Crippen LogP contribution in [0.5, 0.6) is 0 Å². The maximum absolute atomic E-state index is 12.5. The van der Waals surface area contributed by atoms with Gasteiger partial charge in [0.2, 0.25) is 17.7 Å². The van der Waals surface area contributed by atoms with Crippen LogP contribution < -0.4 is 21.7 Å². The Morgan fingerprint density at radius 3 is 1.93 bits per heavy atom. The van der Waals surface area contributed by atoms with Gasteiger partial charge in [-0.3, -0.25) is 14.4 Å². The lowest BCUT2D eigenvalue weighted by atomic mass is 10.0. The number of aliphatic hydroxyl groups is 2. The molecule has 0 aromatic rings. The van der Waals surface area contributed by atoms with Gasteiger partial charge >= 0.3 is 5.97 Å². The van der Waals surface area contributed by atoms with Gasteiger partial charge in [-0.15, -0.1) is 0 Å². The minimum atomic E-state index is -1.40. The van der Waals surface area contributed by atoms with Crippen molar-refractivity contribution in [1.29, 1.82) is 0 Å². The number of aliphatic hydroxyl groups excluding tert-OH is 2. The van der Waals surface area contributed by atoms with E-state index in [2.05, 4.69) is 16.0 Å². The molecule has 0 fully saturated rings. The topological polar surface area (TPSA) is 191 Å². The van der Waals surface area contributed by atoms with Crippen molar-refractivity contribution in [2.75, 3.05) is 25.2 Å². The average Bonchev–Trinajstić information content (AvgIpc) is 2.65. The Bertz CT molecular complexity index is 547. The minimum Gasteiger partial charge on any atom is -0.480 e. The van der Waals surface area contributed by atoms with Gasteiger partial charge in [0.1, 0.15) is 24.2 Å². The molecule has 0 aliphatic rings. The number of hydrogen-bond donors (Lipinski definition) is 7. The Balaban J connectivity index is 5.07. The third-order valence-corrected chi connectivity index (χ3v) is 4.47. The second-order valence-corrected chi connectivity index (χ2v) is 7.43. The van der Waals surface area contributed by atoms with Crippen LogP contribution in [0.2, 0.25) is 0 Å². The number of carboxylic acid groups (broad SMARTS) is 1. The number of rotatable bonds is 13. The van der Waals surface area contributed by atoms with Crippen LogP contribution in [-0.4, -0.2) is 88.4 Å². The molecule has 162 valence electrons. The predicted octanol–water partition coefficient (Wildman–Crippen LogP) is -2.75. The van der Waals surface area contributed by atoms with Crippen molar-refractivity contribution in [3.63, 3.8) is 0 Å². The van der Waals surface area contributed by atoms with Gasteiger partial charge in [-0.05, 0) is 24.3 Å². The van der Waals surface area contributed by atoms with Crippen molar-refractivity contribution < 1.29 is 34.5 Å². The Morgan fingerprint density at radius 1 is 0.929 bits per heavy atom. The summed E-state index contributed by atoms with van der Waals surface area (Å²) in [6.45, 7) is 1.92. The third-order valence-electron chi connectivity index (χ3n) is 3.82. The van der Waals surface area contributed by atoms with Gasteiger partial charge in [-0.2, -0.15) is 11.8 Å². The first-order valence-electron chi connectivity index (χ1n) is 8.69. The molecule has 8 N–H and O–H groups in total. The molecule has 4 unspecified atom stereocenters. The summed E-state index contributed by atoms with van der Waals surface area (Å²) in [5.74, 6) is -3.46. The van der Waals surface area contributed by atoms with E-state index in [0.29, 0.717) is 5.75 Å². The van der Waals surface area contributed by atoms with E-state index < -0.39 is 61.1 Å². The molecule has 0 aliphatic carbocycles. The number of nitrogens with two attached hydrogens (primary N) is 1. The molecular weight excluding hydrogens is 392 g/mol. The molecule has 0 aromatic heterocycles. The van der Waals surface area contributed by atoms with Gasteiger partial charge in [0.15, 0.2) is 0 Å². The first-order valence-corrected chi connectivity index (χ1v) is 10.1. The van der Waals surface area contributed by atoms with Crippen LogP contribution in [0.15, 0.2) is 0 Å². The van der Waals surface area contributed by atoms with E-state index in [1.54, 1.807) is 20.1 Å². The van der Waals surface area contributed by atoms with Crippen molar-refractivity contribution in [1.82, 2.24) is 16.0 Å². The van der Waals surface area contributed by atoms with Gasteiger partial charge in [-0.25, -0.2) is 4.79 Å². The van der Waals surface area contributed by atoms with Gasteiger partial charge in [0.25, 0.3) is 0 Å². The van der Waals surface area contributed by atoms with E-state index >= 15 is 0 Å². The van der Waals surface area contributed by atoms with Crippen LogP contribution in [0.4, 0.5) is 0 Å². The number of hydrogen-bond acceptors (Lipinski definition) is 8. The summed E-state index contributed by atoms with van der Waals surface area (Å²) in [4.78, 5) is 47.8. The summed E-state index contributed by atoms with van der Waals surface area (Å²) in [7, 11) is 0. The van der Waals surface area contributed by atoms with Gasteiger partial charge in [0.05, 0.1) is 13.2 Å². The van der Waals surface area contributed by atoms with Crippen molar-refractivity contribution in [3.05, 3.63) is 0 Å². The van der Waals surface area contributed by atoms with Crippen molar-refractivity contribution in [3.8, 4) is 0 Å². The summed E-state index contributed by atoms with van der Waals surface area (Å²) in [6, 6.07) is -4.83. The Hall–Kier alpha value is -1.89. The Morgan fingerprint density at radius 2 is 1.50 bits per heavy atom. The summed E-state index contributed by atoms with van der Waals surface area (Å²) in [5.41, 5.74) is 5.41. The largest absolute Gasteiger partial charge is 0.480 e. The lowest BCUT2D eigenvalue weighted by Crippen LogP contribution is -2.59. The number of thioether (sulfide) groups is 1. The van der Waals surface area contributed by atoms with Crippen LogP contribution in [0.1, 0.15) is 20.3 Å². The third kappa shape index (κ3) is 8.87. The van der Waals surface area contributed by atoms with Gasteiger partial charge in [-0.1, -0.05) is 13.8 Å². The fraction of sp³-hybridized carbons (Fsp3) is 0.750. The summed E-state index contributed by atoms with van der Waals surface area (Å²) in [6.07, 6.45) is 1.97. The summed E-state index contributed by atoms with van der Waals surface area (Å²) < 4.78 is 0. The molecule has 28 heavy (non-hydrogen) atoms. The maximum Gasteiger partial charge on any atom is 0.326 e. The van der Waals surface area contributed by atoms with E-state index in [4.69, 9.17) is 15.9 Å². The van der Waals surface area contributed by atoms with Crippen molar-refractivity contribution >= 4 is 35.5 Å². The number of carbonyl (C=O) groups is 4. The second-order valence-electron chi connectivity index (χ2n) is 6.44. The second kappa shape index (κ2) is 13.3. The van der Waals surface area contributed by atoms with Gasteiger partial charge < -0.3 is 37.0 Å². The SMILES string of the molecule is CSCCC(NC(=O)C(CO)NC(=O)C(NC(=O)C(N)CO)C(C)C)C(=O)O. The fourth-order valence-corrected chi connectivity index (χ4v) is 2.57. The highest BCUT2D eigenvalue weighted by atomic mass is 32.2. The van der Waals surface area contributed by atoms with E-state index in [1.165, 1.54) is 11.8 Å². The molecular formula is C16H30N4O7S. The molecule has 11 nitrogen and oxygen atoms in total.